The van der Waals surface area contributed by atoms with E-state index in [9.17, 15) is 0 Å². The SMILES string of the molecule is C=C1N=CN(C)N1C. The van der Waals surface area contributed by atoms with Crippen LogP contribution < -0.4 is 0 Å². The van der Waals surface area contributed by atoms with Crippen LogP contribution in [0.4, 0.5) is 0 Å². The van der Waals surface area contributed by atoms with Gasteiger partial charge in [0, 0.05) is 14.1 Å². The van der Waals surface area contributed by atoms with Crippen LogP contribution in [0.2, 0.25) is 0 Å². The first-order valence-corrected chi connectivity index (χ1v) is 2.41. The molecule has 1 heterocycles. The number of hydrazine groups is 1. The highest BCUT2D eigenvalue weighted by Gasteiger charge is 2.08. The summed E-state index contributed by atoms with van der Waals surface area (Å²) in [6.45, 7) is 3.67. The Hall–Kier alpha value is -0.990. The lowest BCUT2D eigenvalue weighted by atomic mass is 10.8. The molecule has 0 aromatic carbocycles. The van der Waals surface area contributed by atoms with Crippen LogP contribution in [0.1, 0.15) is 0 Å². The van der Waals surface area contributed by atoms with Crippen molar-refractivity contribution in [3.8, 4) is 0 Å². The van der Waals surface area contributed by atoms with E-state index in [1.807, 2.05) is 24.1 Å². The van der Waals surface area contributed by atoms with Gasteiger partial charge in [0.1, 0.15) is 12.2 Å². The van der Waals surface area contributed by atoms with Crippen LogP contribution in [-0.4, -0.2) is 30.5 Å². The molecule has 1 rings (SSSR count). The van der Waals surface area contributed by atoms with Crippen LogP contribution in [0.5, 0.6) is 0 Å². The van der Waals surface area contributed by atoms with Crippen molar-refractivity contribution in [3.05, 3.63) is 12.4 Å². The standard InChI is InChI=1S/C5H9N3/c1-5-6-4-7(2)8(5)3/h4H,1H2,2-3H3. The third-order valence-corrected chi connectivity index (χ3v) is 1.22. The van der Waals surface area contributed by atoms with Crippen molar-refractivity contribution in [2.45, 2.75) is 0 Å². The lowest BCUT2D eigenvalue weighted by Crippen LogP contribution is -2.28. The van der Waals surface area contributed by atoms with Gasteiger partial charge in [-0.15, -0.1) is 0 Å². The van der Waals surface area contributed by atoms with E-state index < -0.39 is 0 Å². The van der Waals surface area contributed by atoms with Crippen LogP contribution in [0, 0.1) is 0 Å². The van der Waals surface area contributed by atoms with Crippen LogP contribution in [-0.2, 0) is 0 Å². The van der Waals surface area contributed by atoms with E-state index >= 15 is 0 Å². The molecule has 1 aliphatic heterocycles. The number of hydrogen-bond donors (Lipinski definition) is 0. The van der Waals surface area contributed by atoms with E-state index in [2.05, 4.69) is 11.6 Å². The van der Waals surface area contributed by atoms with E-state index in [0.29, 0.717) is 0 Å². The summed E-state index contributed by atoms with van der Waals surface area (Å²) in [4.78, 5) is 3.93. The zero-order valence-electron chi connectivity index (χ0n) is 5.13. The Morgan fingerprint density at radius 2 is 2.25 bits per heavy atom. The monoisotopic (exact) mass is 111 g/mol. The quantitative estimate of drug-likeness (QED) is 0.447. The maximum Gasteiger partial charge on any atom is 0.141 e. The predicted molar refractivity (Wildman–Crippen MR) is 33.2 cm³/mol. The molecule has 1 aliphatic rings. The Labute approximate surface area is 48.9 Å². The summed E-state index contributed by atoms with van der Waals surface area (Å²) in [5, 5.41) is 3.72. The van der Waals surface area contributed by atoms with Gasteiger partial charge < -0.3 is 0 Å². The predicted octanol–water partition coefficient (Wildman–Crippen LogP) is 0.278. The summed E-state index contributed by atoms with van der Waals surface area (Å²) in [5.41, 5.74) is 0. The van der Waals surface area contributed by atoms with Crippen molar-refractivity contribution < 1.29 is 0 Å². The minimum absolute atomic E-state index is 0.785. The van der Waals surface area contributed by atoms with E-state index in [1.54, 1.807) is 6.34 Å². The summed E-state index contributed by atoms with van der Waals surface area (Å²) in [6, 6.07) is 0. The van der Waals surface area contributed by atoms with Crippen molar-refractivity contribution in [2.24, 2.45) is 4.99 Å². The normalized spacial score (nSPS) is 18.5. The van der Waals surface area contributed by atoms with Gasteiger partial charge in [0.25, 0.3) is 0 Å². The maximum atomic E-state index is 3.93. The summed E-state index contributed by atoms with van der Waals surface area (Å²) in [5.74, 6) is 0.785. The first-order valence-electron chi connectivity index (χ1n) is 2.41. The van der Waals surface area contributed by atoms with Crippen molar-refractivity contribution in [1.29, 1.82) is 0 Å². The minimum Gasteiger partial charge on any atom is -0.276 e. The summed E-state index contributed by atoms with van der Waals surface area (Å²) >= 11 is 0. The molecular formula is C5H9N3. The number of aliphatic imine (C=N–C) groups is 1. The van der Waals surface area contributed by atoms with Crippen LogP contribution in [0.3, 0.4) is 0 Å². The average molecular weight is 111 g/mol. The Balaban J connectivity index is 2.69. The van der Waals surface area contributed by atoms with E-state index in [0.717, 1.165) is 5.82 Å². The zero-order valence-corrected chi connectivity index (χ0v) is 5.13. The molecule has 44 valence electrons. The Morgan fingerprint density at radius 1 is 1.62 bits per heavy atom. The maximum absolute atomic E-state index is 3.93. The van der Waals surface area contributed by atoms with Gasteiger partial charge in [-0.05, 0) is 0 Å². The molecule has 3 heteroatoms. The smallest absolute Gasteiger partial charge is 0.141 e. The fourth-order valence-corrected chi connectivity index (χ4v) is 0.493. The topological polar surface area (TPSA) is 18.8 Å². The van der Waals surface area contributed by atoms with Gasteiger partial charge >= 0.3 is 0 Å². The molecule has 0 saturated carbocycles. The number of rotatable bonds is 0. The van der Waals surface area contributed by atoms with Crippen LogP contribution >= 0.6 is 0 Å². The van der Waals surface area contributed by atoms with Gasteiger partial charge in [0.05, 0.1) is 0 Å². The molecule has 3 nitrogen and oxygen atoms in total. The highest BCUT2D eigenvalue weighted by molar-refractivity contribution is 5.58. The second-order valence-corrected chi connectivity index (χ2v) is 1.76. The van der Waals surface area contributed by atoms with Gasteiger partial charge in [-0.1, -0.05) is 6.58 Å². The Morgan fingerprint density at radius 3 is 2.38 bits per heavy atom. The molecule has 0 spiro atoms. The molecule has 0 bridgehead atoms. The average Bonchev–Trinajstić information content (AvgIpc) is 1.98. The molecule has 0 amide bonds. The zero-order chi connectivity index (χ0) is 6.15. The molecule has 0 N–H and O–H groups in total. The van der Waals surface area contributed by atoms with Crippen LogP contribution in [0.25, 0.3) is 0 Å². The number of nitrogens with zero attached hydrogens (tertiary/aromatic N) is 3. The third kappa shape index (κ3) is 0.559. The Kier molecular flexibility index (Phi) is 0.970. The Bertz CT molecular complexity index is 139. The molecule has 0 saturated heterocycles. The molecule has 0 radical (unpaired) electrons. The molecular weight excluding hydrogens is 102 g/mol. The lowest BCUT2D eigenvalue weighted by Gasteiger charge is -2.19. The van der Waals surface area contributed by atoms with Crippen molar-refractivity contribution in [2.75, 3.05) is 14.1 Å². The highest BCUT2D eigenvalue weighted by Crippen LogP contribution is 2.06. The lowest BCUT2D eigenvalue weighted by molar-refractivity contribution is 0.180. The molecule has 0 aromatic heterocycles. The van der Waals surface area contributed by atoms with Crippen LogP contribution in [0.15, 0.2) is 17.4 Å². The molecule has 8 heavy (non-hydrogen) atoms. The van der Waals surface area contributed by atoms with Gasteiger partial charge in [0.2, 0.25) is 0 Å². The van der Waals surface area contributed by atoms with Crippen molar-refractivity contribution >= 4 is 6.34 Å². The molecule has 0 atom stereocenters. The second-order valence-electron chi connectivity index (χ2n) is 1.76. The highest BCUT2D eigenvalue weighted by atomic mass is 15.7. The van der Waals surface area contributed by atoms with Gasteiger partial charge in [0.15, 0.2) is 0 Å². The molecule has 0 aliphatic carbocycles. The molecule has 0 unspecified atom stereocenters. The van der Waals surface area contributed by atoms with E-state index in [1.165, 1.54) is 0 Å². The first kappa shape index (κ1) is 5.15. The summed E-state index contributed by atoms with van der Waals surface area (Å²) < 4.78 is 0. The number of hydrogen-bond acceptors (Lipinski definition) is 3. The molecule has 0 fully saturated rings. The van der Waals surface area contributed by atoms with E-state index in [4.69, 9.17) is 0 Å². The summed E-state index contributed by atoms with van der Waals surface area (Å²) in [6.07, 6.45) is 1.72. The largest absolute Gasteiger partial charge is 0.276 e. The third-order valence-electron chi connectivity index (χ3n) is 1.22. The van der Waals surface area contributed by atoms with Gasteiger partial charge in [-0.25, -0.2) is 4.99 Å². The summed E-state index contributed by atoms with van der Waals surface area (Å²) in [7, 11) is 3.83. The van der Waals surface area contributed by atoms with Gasteiger partial charge in [-0.2, -0.15) is 0 Å². The second kappa shape index (κ2) is 1.51. The molecule has 0 aromatic rings. The van der Waals surface area contributed by atoms with Crippen molar-refractivity contribution in [1.82, 2.24) is 10.0 Å². The van der Waals surface area contributed by atoms with E-state index in [-0.39, 0.29) is 0 Å². The fourth-order valence-electron chi connectivity index (χ4n) is 0.493. The fraction of sp³-hybridized carbons (Fsp3) is 0.400. The van der Waals surface area contributed by atoms with Crippen molar-refractivity contribution in [3.63, 3.8) is 0 Å². The van der Waals surface area contributed by atoms with Gasteiger partial charge in [-0.3, -0.25) is 10.0 Å². The first-order chi connectivity index (χ1) is 3.72. The minimum atomic E-state index is 0.785.